The molecule has 9 heteroatoms. The maximum Gasteiger partial charge on any atom is 0.243 e. The number of amides is 1. The molecule has 1 saturated heterocycles. The van der Waals surface area contributed by atoms with Crippen LogP contribution >= 0.6 is 0 Å². The van der Waals surface area contributed by atoms with E-state index in [9.17, 15) is 17.6 Å². The molecule has 0 atom stereocenters. The Bertz CT molecular complexity index is 1020. The molecule has 0 aromatic heterocycles. The molecule has 0 spiro atoms. The van der Waals surface area contributed by atoms with E-state index in [1.807, 2.05) is 18.2 Å². The number of rotatable bonds is 9. The minimum absolute atomic E-state index is 0.0660. The van der Waals surface area contributed by atoms with E-state index in [1.165, 1.54) is 22.5 Å². The van der Waals surface area contributed by atoms with Crippen LogP contribution in [0.15, 0.2) is 53.4 Å². The molecule has 0 saturated carbocycles. The molecule has 2 aromatic rings. The molecule has 0 unspecified atom stereocenters. The zero-order valence-corrected chi connectivity index (χ0v) is 19.4. The standard InChI is InChI=1S/C23H31FN4O3S/c1-3-26(4-2)18-19-8-5-6-11-22(19)25-17-23(29)27-12-14-28(15-13-27)32(30,31)21-10-7-9-20(24)16-21/h5-11,16,25H,3-4,12-15,17-18H2,1-2H3. The number of nitrogens with one attached hydrogen (secondary N) is 1. The average Bonchev–Trinajstić information content (AvgIpc) is 2.81. The van der Waals surface area contributed by atoms with E-state index in [1.54, 1.807) is 4.90 Å². The van der Waals surface area contributed by atoms with Crippen molar-refractivity contribution in [3.8, 4) is 0 Å². The zero-order valence-electron chi connectivity index (χ0n) is 18.6. The third-order valence-corrected chi connectivity index (χ3v) is 7.66. The van der Waals surface area contributed by atoms with Crippen LogP contribution < -0.4 is 5.32 Å². The molecular weight excluding hydrogens is 431 g/mol. The van der Waals surface area contributed by atoms with Crippen molar-refractivity contribution in [3.63, 3.8) is 0 Å². The number of para-hydroxylation sites is 1. The van der Waals surface area contributed by atoms with Crippen LogP contribution in [0, 0.1) is 5.82 Å². The smallest absolute Gasteiger partial charge is 0.243 e. The van der Waals surface area contributed by atoms with Crippen LogP contribution in [0.1, 0.15) is 19.4 Å². The molecule has 1 fully saturated rings. The number of hydrogen-bond donors (Lipinski definition) is 1. The predicted octanol–water partition coefficient (Wildman–Crippen LogP) is 2.61. The largest absolute Gasteiger partial charge is 0.376 e. The Morgan fingerprint density at radius 2 is 1.72 bits per heavy atom. The van der Waals surface area contributed by atoms with E-state index in [0.717, 1.165) is 37.0 Å². The molecule has 32 heavy (non-hydrogen) atoms. The number of anilines is 1. The van der Waals surface area contributed by atoms with E-state index >= 15 is 0 Å². The lowest BCUT2D eigenvalue weighted by atomic mass is 10.1. The Labute approximate surface area is 189 Å². The fourth-order valence-corrected chi connectivity index (χ4v) is 5.21. The Hall–Kier alpha value is -2.49. The highest BCUT2D eigenvalue weighted by atomic mass is 32.2. The second-order valence-electron chi connectivity index (χ2n) is 7.71. The van der Waals surface area contributed by atoms with Crippen molar-refractivity contribution in [3.05, 3.63) is 59.9 Å². The van der Waals surface area contributed by atoms with Crippen LogP contribution in [-0.4, -0.2) is 74.2 Å². The zero-order chi connectivity index (χ0) is 23.1. The van der Waals surface area contributed by atoms with Crippen LogP contribution in [0.4, 0.5) is 10.1 Å². The van der Waals surface area contributed by atoms with Crippen molar-refractivity contribution in [1.29, 1.82) is 0 Å². The Balaban J connectivity index is 1.56. The lowest BCUT2D eigenvalue weighted by Gasteiger charge is -2.34. The summed E-state index contributed by atoms with van der Waals surface area (Å²) < 4.78 is 40.2. The molecule has 7 nitrogen and oxygen atoms in total. The van der Waals surface area contributed by atoms with Gasteiger partial charge in [-0.25, -0.2) is 12.8 Å². The van der Waals surface area contributed by atoms with Crippen LogP contribution in [0.2, 0.25) is 0 Å². The monoisotopic (exact) mass is 462 g/mol. The molecule has 2 aromatic carbocycles. The number of benzene rings is 2. The summed E-state index contributed by atoms with van der Waals surface area (Å²) in [6.07, 6.45) is 0. The summed E-state index contributed by atoms with van der Waals surface area (Å²) in [6.45, 7) is 8.07. The Morgan fingerprint density at radius 1 is 1.03 bits per heavy atom. The third kappa shape index (κ3) is 5.85. The molecule has 3 rings (SSSR count). The summed E-state index contributed by atoms with van der Waals surface area (Å²) in [5.74, 6) is -0.669. The summed E-state index contributed by atoms with van der Waals surface area (Å²) in [7, 11) is -3.78. The summed E-state index contributed by atoms with van der Waals surface area (Å²) in [6, 6.07) is 13.0. The Kier molecular flexibility index (Phi) is 8.22. The fraction of sp³-hybridized carbons (Fsp3) is 0.435. The summed E-state index contributed by atoms with van der Waals surface area (Å²) in [4.78, 5) is 16.6. The second-order valence-corrected chi connectivity index (χ2v) is 9.65. The van der Waals surface area contributed by atoms with Crippen LogP contribution in [0.3, 0.4) is 0 Å². The number of halogens is 1. The lowest BCUT2D eigenvalue weighted by molar-refractivity contribution is -0.130. The third-order valence-electron chi connectivity index (χ3n) is 5.76. The molecule has 0 radical (unpaired) electrons. The highest BCUT2D eigenvalue weighted by molar-refractivity contribution is 7.89. The maximum absolute atomic E-state index is 13.5. The van der Waals surface area contributed by atoms with Crippen molar-refractivity contribution in [2.24, 2.45) is 0 Å². The lowest BCUT2D eigenvalue weighted by Crippen LogP contribution is -2.51. The molecule has 0 bridgehead atoms. The van der Waals surface area contributed by atoms with Crippen molar-refractivity contribution >= 4 is 21.6 Å². The number of nitrogens with zero attached hydrogens (tertiary/aromatic N) is 3. The first-order valence-corrected chi connectivity index (χ1v) is 12.4. The molecule has 1 heterocycles. The molecular formula is C23H31FN4O3S. The highest BCUT2D eigenvalue weighted by Crippen LogP contribution is 2.20. The van der Waals surface area contributed by atoms with Gasteiger partial charge in [0.1, 0.15) is 5.82 Å². The molecule has 1 amide bonds. The van der Waals surface area contributed by atoms with Crippen molar-refractivity contribution in [2.75, 3.05) is 51.1 Å². The van der Waals surface area contributed by atoms with Crippen LogP contribution in [0.5, 0.6) is 0 Å². The van der Waals surface area contributed by atoms with Gasteiger partial charge in [-0.3, -0.25) is 9.69 Å². The molecule has 1 N–H and O–H groups in total. The van der Waals surface area contributed by atoms with Gasteiger partial charge in [-0.2, -0.15) is 4.31 Å². The van der Waals surface area contributed by atoms with E-state index in [4.69, 9.17) is 0 Å². The van der Waals surface area contributed by atoms with Gasteiger partial charge < -0.3 is 10.2 Å². The van der Waals surface area contributed by atoms with Gasteiger partial charge in [0.05, 0.1) is 11.4 Å². The average molecular weight is 463 g/mol. The van der Waals surface area contributed by atoms with Crippen LogP contribution in [-0.2, 0) is 21.4 Å². The SMILES string of the molecule is CCN(CC)Cc1ccccc1NCC(=O)N1CCN(S(=O)(=O)c2cccc(F)c2)CC1. The molecule has 1 aliphatic rings. The highest BCUT2D eigenvalue weighted by Gasteiger charge is 2.30. The molecule has 174 valence electrons. The van der Waals surface area contributed by atoms with Gasteiger partial charge in [-0.05, 0) is 42.9 Å². The van der Waals surface area contributed by atoms with Crippen LogP contribution in [0.25, 0.3) is 0 Å². The number of hydrogen-bond acceptors (Lipinski definition) is 5. The Morgan fingerprint density at radius 3 is 2.38 bits per heavy atom. The summed E-state index contributed by atoms with van der Waals surface area (Å²) in [5, 5.41) is 3.25. The minimum Gasteiger partial charge on any atom is -0.376 e. The van der Waals surface area contributed by atoms with Gasteiger partial charge in [0.15, 0.2) is 0 Å². The summed E-state index contributed by atoms with van der Waals surface area (Å²) in [5.41, 5.74) is 2.06. The quantitative estimate of drug-likeness (QED) is 0.620. The second kappa shape index (κ2) is 10.9. The van der Waals surface area contributed by atoms with E-state index in [0.29, 0.717) is 13.1 Å². The first kappa shape index (κ1) is 24.2. The van der Waals surface area contributed by atoms with Gasteiger partial charge in [-0.1, -0.05) is 38.1 Å². The van der Waals surface area contributed by atoms with Gasteiger partial charge in [0, 0.05) is 38.4 Å². The van der Waals surface area contributed by atoms with E-state index < -0.39 is 15.8 Å². The molecule has 1 aliphatic heterocycles. The normalized spacial score (nSPS) is 15.2. The first-order chi connectivity index (χ1) is 15.3. The number of carbonyl (C=O) groups excluding carboxylic acids is 1. The first-order valence-electron chi connectivity index (χ1n) is 10.9. The van der Waals surface area contributed by atoms with Crippen molar-refractivity contribution < 1.29 is 17.6 Å². The number of sulfonamides is 1. The number of carbonyl (C=O) groups is 1. The van der Waals surface area contributed by atoms with Gasteiger partial charge in [0.2, 0.25) is 15.9 Å². The predicted molar refractivity (Wildman–Crippen MR) is 123 cm³/mol. The number of piperazine rings is 1. The van der Waals surface area contributed by atoms with E-state index in [2.05, 4.69) is 30.1 Å². The van der Waals surface area contributed by atoms with Gasteiger partial charge >= 0.3 is 0 Å². The topological polar surface area (TPSA) is 73.0 Å². The summed E-state index contributed by atoms with van der Waals surface area (Å²) >= 11 is 0. The van der Waals surface area contributed by atoms with Crippen molar-refractivity contribution in [2.45, 2.75) is 25.3 Å². The van der Waals surface area contributed by atoms with Gasteiger partial charge in [0.25, 0.3) is 0 Å². The fourth-order valence-electron chi connectivity index (χ4n) is 3.76. The molecule has 0 aliphatic carbocycles. The van der Waals surface area contributed by atoms with Gasteiger partial charge in [-0.15, -0.1) is 0 Å². The maximum atomic E-state index is 13.5. The van der Waals surface area contributed by atoms with Crippen molar-refractivity contribution in [1.82, 2.24) is 14.1 Å². The van der Waals surface area contributed by atoms with E-state index in [-0.39, 0.29) is 30.4 Å². The minimum atomic E-state index is -3.78.